The van der Waals surface area contributed by atoms with E-state index in [-0.39, 0.29) is 17.7 Å². The van der Waals surface area contributed by atoms with Gasteiger partial charge in [-0.15, -0.1) is 10.2 Å². The Hall–Kier alpha value is -6.59. The molecule has 0 saturated carbocycles. The molecule has 5 rings (SSSR count). The first-order chi connectivity index (χ1) is 28.3. The van der Waals surface area contributed by atoms with Gasteiger partial charge >= 0.3 is 0 Å². The molecule has 0 radical (unpaired) electrons. The molecule has 0 fully saturated rings. The van der Waals surface area contributed by atoms with Gasteiger partial charge in [0, 0.05) is 47.7 Å². The SMILES string of the molecule is C=C(CCCCCCNC(=O)c1ccc(NCc2cn(-c3ccc(-n4cc(CNc5ccc(C(=O)NCCCCCCC(=O)NO)cc5)nn4)cc3)nn2)cc1)NO. The maximum absolute atomic E-state index is 12.5. The minimum Gasteiger partial charge on any atom is -0.379 e. The fourth-order valence-corrected chi connectivity index (χ4v) is 5.93. The second-order valence-electron chi connectivity index (χ2n) is 13.8. The molecule has 0 atom stereocenters. The quantitative estimate of drug-likeness (QED) is 0.0210. The van der Waals surface area contributed by atoms with Crippen molar-refractivity contribution in [1.82, 2.24) is 51.6 Å². The number of hydrogen-bond acceptors (Lipinski definition) is 12. The van der Waals surface area contributed by atoms with Gasteiger partial charge in [0.2, 0.25) is 5.91 Å². The lowest BCUT2D eigenvalue weighted by atomic mass is 10.1. The maximum Gasteiger partial charge on any atom is 0.251 e. The van der Waals surface area contributed by atoms with E-state index in [0.29, 0.717) is 55.8 Å². The van der Waals surface area contributed by atoms with Crippen LogP contribution in [0.4, 0.5) is 11.4 Å². The summed E-state index contributed by atoms with van der Waals surface area (Å²) in [5.41, 5.74) is 10.4. The molecule has 58 heavy (non-hydrogen) atoms. The third kappa shape index (κ3) is 13.9. The molecule has 3 amide bonds. The van der Waals surface area contributed by atoms with E-state index >= 15 is 0 Å². The summed E-state index contributed by atoms with van der Waals surface area (Å²) >= 11 is 0. The monoisotopic (exact) mass is 792 g/mol. The molecule has 0 unspecified atom stereocenters. The molecule has 0 aliphatic heterocycles. The number of carbonyl (C=O) groups excluding carboxylic acids is 3. The molecule has 306 valence electrons. The van der Waals surface area contributed by atoms with Crippen molar-refractivity contribution < 1.29 is 24.8 Å². The van der Waals surface area contributed by atoms with Crippen LogP contribution in [0.3, 0.4) is 0 Å². The molecule has 0 aliphatic carbocycles. The minimum atomic E-state index is -0.382. The van der Waals surface area contributed by atoms with Crippen molar-refractivity contribution >= 4 is 29.1 Å². The van der Waals surface area contributed by atoms with E-state index in [1.54, 1.807) is 39.1 Å². The molecule has 0 saturated heterocycles. The number of unbranched alkanes of at least 4 members (excludes halogenated alkanes) is 6. The molecule has 0 bridgehead atoms. The van der Waals surface area contributed by atoms with E-state index in [4.69, 9.17) is 10.4 Å². The smallest absolute Gasteiger partial charge is 0.251 e. The average molecular weight is 793 g/mol. The number of benzene rings is 3. The highest BCUT2D eigenvalue weighted by atomic mass is 16.5. The van der Waals surface area contributed by atoms with Gasteiger partial charge in [-0.3, -0.25) is 30.3 Å². The van der Waals surface area contributed by atoms with Crippen molar-refractivity contribution in [3.8, 4) is 11.4 Å². The van der Waals surface area contributed by atoms with Crippen molar-refractivity contribution in [3.05, 3.63) is 120 Å². The summed E-state index contributed by atoms with van der Waals surface area (Å²) in [4.78, 5) is 36.0. The average Bonchev–Trinajstić information content (AvgIpc) is 3.95. The molecule has 2 heterocycles. The van der Waals surface area contributed by atoms with Crippen LogP contribution in [0, 0.1) is 0 Å². The molecule has 2 aromatic heterocycles. The number of hydrogen-bond donors (Lipinski definition) is 8. The molecule has 17 nitrogen and oxygen atoms in total. The Balaban J connectivity index is 0.991. The van der Waals surface area contributed by atoms with Gasteiger partial charge in [-0.25, -0.2) is 14.8 Å². The predicted octanol–water partition coefficient (Wildman–Crippen LogP) is 5.43. The van der Waals surface area contributed by atoms with E-state index in [1.807, 2.05) is 60.9 Å². The highest BCUT2D eigenvalue weighted by Gasteiger charge is 2.09. The third-order valence-electron chi connectivity index (χ3n) is 9.29. The van der Waals surface area contributed by atoms with Gasteiger partial charge < -0.3 is 21.3 Å². The maximum atomic E-state index is 12.5. The molecule has 3 aromatic carbocycles. The van der Waals surface area contributed by atoms with Gasteiger partial charge in [-0.2, -0.15) is 0 Å². The summed E-state index contributed by atoms with van der Waals surface area (Å²) < 4.78 is 3.40. The van der Waals surface area contributed by atoms with Gasteiger partial charge in [-0.1, -0.05) is 42.7 Å². The number of amides is 3. The van der Waals surface area contributed by atoms with Crippen molar-refractivity contribution in [1.29, 1.82) is 0 Å². The lowest BCUT2D eigenvalue weighted by molar-refractivity contribution is -0.129. The number of anilines is 2. The molecule has 8 N–H and O–H groups in total. The van der Waals surface area contributed by atoms with E-state index in [2.05, 4.69) is 54.0 Å². The normalized spacial score (nSPS) is 10.8. The van der Waals surface area contributed by atoms with Crippen molar-refractivity contribution in [3.63, 3.8) is 0 Å². The molecular weight excluding hydrogens is 741 g/mol. The summed E-state index contributed by atoms with van der Waals surface area (Å²) in [6.45, 7) is 5.77. The van der Waals surface area contributed by atoms with Crippen LogP contribution in [0.5, 0.6) is 0 Å². The summed E-state index contributed by atoms with van der Waals surface area (Å²) in [6, 6.07) is 22.3. The highest BCUT2D eigenvalue weighted by Crippen LogP contribution is 2.16. The summed E-state index contributed by atoms with van der Waals surface area (Å²) in [7, 11) is 0. The van der Waals surface area contributed by atoms with Crippen LogP contribution < -0.4 is 32.2 Å². The number of nitrogens with one attached hydrogen (secondary N) is 6. The second kappa shape index (κ2) is 22.8. The Morgan fingerprint density at radius 2 is 0.983 bits per heavy atom. The lowest BCUT2D eigenvalue weighted by Crippen LogP contribution is -2.24. The Labute approximate surface area is 337 Å². The molecule has 0 spiro atoms. The first kappa shape index (κ1) is 42.6. The number of allylic oxidation sites excluding steroid dienone is 1. The summed E-state index contributed by atoms with van der Waals surface area (Å²) in [5.74, 6) is -0.624. The minimum absolute atomic E-state index is 0.103. The molecule has 5 aromatic rings. The topological polar surface area (TPSA) is 225 Å². The molecule has 17 heteroatoms. The van der Waals surface area contributed by atoms with E-state index < -0.39 is 0 Å². The standard InChI is InChI=1S/C41H52N12O5/c1-30(48-57)10-6-2-4-8-24-42-40(55)31-12-16-33(17-13-31)44-26-35-28-52(50-46-35)37-20-22-38(23-21-37)53-29-36(47-51-53)27-45-34-18-14-32(15-19-34)41(56)43-25-9-5-3-7-11-39(54)49-58/h12-23,28-29,44-45,48,57-58H,1-11,24-27H2,(H,42,55)(H,43,56)(H,49,54). The largest absolute Gasteiger partial charge is 0.379 e. The Kier molecular flexibility index (Phi) is 16.8. The van der Waals surface area contributed by atoms with Crippen LogP contribution in [0.15, 0.2) is 97.5 Å². The number of nitrogens with zero attached hydrogens (tertiary/aromatic N) is 6. The zero-order valence-electron chi connectivity index (χ0n) is 32.5. The van der Waals surface area contributed by atoms with Crippen molar-refractivity contribution in [2.24, 2.45) is 0 Å². The first-order valence-electron chi connectivity index (χ1n) is 19.5. The lowest BCUT2D eigenvalue weighted by Gasteiger charge is -2.08. The Bertz CT molecular complexity index is 1900. The number of hydroxylamine groups is 2. The van der Waals surface area contributed by atoms with Gasteiger partial charge in [0.1, 0.15) is 11.4 Å². The van der Waals surface area contributed by atoms with Gasteiger partial charge in [-0.05, 0) is 105 Å². The van der Waals surface area contributed by atoms with E-state index in [1.165, 1.54) is 0 Å². The number of aromatic nitrogens is 6. The van der Waals surface area contributed by atoms with Crippen LogP contribution in [-0.4, -0.2) is 71.2 Å². The summed E-state index contributed by atoms with van der Waals surface area (Å²) in [5, 5.41) is 47.0. The molecular formula is C41H52N12O5. The van der Waals surface area contributed by atoms with Crippen molar-refractivity contribution in [2.75, 3.05) is 23.7 Å². The van der Waals surface area contributed by atoms with Crippen LogP contribution in [-0.2, 0) is 17.9 Å². The van der Waals surface area contributed by atoms with Gasteiger partial charge in [0.15, 0.2) is 0 Å². The highest BCUT2D eigenvalue weighted by molar-refractivity contribution is 5.95. The fraction of sp³-hybridized carbons (Fsp3) is 0.341. The Morgan fingerprint density at radius 3 is 1.41 bits per heavy atom. The summed E-state index contributed by atoms with van der Waals surface area (Å²) in [6.07, 6.45) is 11.8. The fourth-order valence-electron chi connectivity index (χ4n) is 5.93. The zero-order chi connectivity index (χ0) is 41.0. The van der Waals surface area contributed by atoms with Crippen LogP contribution in [0.25, 0.3) is 11.4 Å². The number of rotatable bonds is 25. The van der Waals surface area contributed by atoms with Crippen molar-refractivity contribution in [2.45, 2.75) is 77.3 Å². The van der Waals surface area contributed by atoms with E-state index in [9.17, 15) is 14.4 Å². The zero-order valence-corrected chi connectivity index (χ0v) is 32.5. The van der Waals surface area contributed by atoms with Gasteiger partial charge in [0.05, 0.1) is 36.9 Å². The van der Waals surface area contributed by atoms with E-state index in [0.717, 1.165) is 85.5 Å². The predicted molar refractivity (Wildman–Crippen MR) is 219 cm³/mol. The first-order valence-corrected chi connectivity index (χ1v) is 19.5. The Morgan fingerprint density at radius 1 is 0.552 bits per heavy atom. The number of carbonyl (C=O) groups is 3. The van der Waals surface area contributed by atoms with Crippen LogP contribution in [0.2, 0.25) is 0 Å². The van der Waals surface area contributed by atoms with Crippen LogP contribution in [0.1, 0.15) is 96.3 Å². The second-order valence-corrected chi connectivity index (χ2v) is 13.8. The molecule has 0 aliphatic rings. The van der Waals surface area contributed by atoms with Gasteiger partial charge in [0.25, 0.3) is 11.8 Å². The van der Waals surface area contributed by atoms with Crippen LogP contribution >= 0.6 is 0 Å². The third-order valence-corrected chi connectivity index (χ3v) is 9.29.